The Hall–Kier alpha value is -1.07. The molecule has 0 saturated carbocycles. The maximum atomic E-state index is 7.51. The number of amidine groups is 1. The molecule has 0 radical (unpaired) electrons. The Kier molecular flexibility index (Phi) is 5.43. The van der Waals surface area contributed by atoms with E-state index in [1.807, 2.05) is 18.2 Å². The first-order valence-electron chi connectivity index (χ1n) is 7.12. The highest BCUT2D eigenvalue weighted by Gasteiger charge is 2.21. The predicted molar refractivity (Wildman–Crippen MR) is 86.6 cm³/mol. The van der Waals surface area contributed by atoms with Crippen molar-refractivity contribution >= 4 is 27.5 Å². The van der Waals surface area contributed by atoms with Crippen LogP contribution in [0.1, 0.15) is 31.7 Å². The fraction of sp³-hybridized carbons (Fsp3) is 0.533. The van der Waals surface area contributed by atoms with Gasteiger partial charge in [0.15, 0.2) is 0 Å². The highest BCUT2D eigenvalue weighted by molar-refractivity contribution is 9.10. The maximum absolute atomic E-state index is 7.51. The van der Waals surface area contributed by atoms with Crippen LogP contribution < -0.4 is 10.6 Å². The molecule has 1 aromatic carbocycles. The summed E-state index contributed by atoms with van der Waals surface area (Å²) < 4.78 is 6.74. The number of hydrogen-bond acceptors (Lipinski definition) is 3. The van der Waals surface area contributed by atoms with Crippen LogP contribution in [0.15, 0.2) is 22.7 Å². The zero-order valence-corrected chi connectivity index (χ0v) is 13.4. The summed E-state index contributed by atoms with van der Waals surface area (Å²) in [6.45, 7) is 4.97. The second-order valence-corrected chi connectivity index (χ2v) is 6.01. The fourth-order valence-corrected chi connectivity index (χ4v) is 3.09. The van der Waals surface area contributed by atoms with Crippen molar-refractivity contribution < 1.29 is 4.74 Å². The third-order valence-corrected chi connectivity index (χ3v) is 4.20. The van der Waals surface area contributed by atoms with Gasteiger partial charge in [0.1, 0.15) is 5.84 Å². The summed E-state index contributed by atoms with van der Waals surface area (Å²) in [5, 5.41) is 7.51. The number of nitrogens with one attached hydrogen (secondary N) is 1. The van der Waals surface area contributed by atoms with Crippen molar-refractivity contribution in [3.63, 3.8) is 0 Å². The zero-order chi connectivity index (χ0) is 14.5. The van der Waals surface area contributed by atoms with Crippen LogP contribution in [0.5, 0.6) is 0 Å². The lowest BCUT2D eigenvalue weighted by Gasteiger charge is -2.34. The second kappa shape index (κ2) is 7.09. The summed E-state index contributed by atoms with van der Waals surface area (Å²) in [6.07, 6.45) is 3.69. The molecule has 1 fully saturated rings. The lowest BCUT2D eigenvalue weighted by Crippen LogP contribution is -2.39. The van der Waals surface area contributed by atoms with Gasteiger partial charge in [-0.3, -0.25) is 5.41 Å². The van der Waals surface area contributed by atoms with Gasteiger partial charge in [0.25, 0.3) is 0 Å². The number of rotatable bonds is 5. The Morgan fingerprint density at radius 2 is 2.35 bits per heavy atom. The van der Waals surface area contributed by atoms with E-state index >= 15 is 0 Å². The number of anilines is 1. The molecule has 1 saturated heterocycles. The molecular weight excluding hydrogens is 318 g/mol. The van der Waals surface area contributed by atoms with E-state index in [-0.39, 0.29) is 5.84 Å². The van der Waals surface area contributed by atoms with Gasteiger partial charge in [0.05, 0.1) is 6.10 Å². The van der Waals surface area contributed by atoms with Crippen molar-refractivity contribution in [2.75, 3.05) is 24.6 Å². The Morgan fingerprint density at radius 3 is 3.00 bits per heavy atom. The molecule has 1 aromatic rings. The molecular formula is C15H22BrN3O. The molecule has 1 heterocycles. The van der Waals surface area contributed by atoms with Crippen LogP contribution in [0.2, 0.25) is 0 Å². The summed E-state index contributed by atoms with van der Waals surface area (Å²) in [7, 11) is 0. The Labute approximate surface area is 128 Å². The molecule has 0 aliphatic carbocycles. The van der Waals surface area contributed by atoms with Crippen molar-refractivity contribution in [2.24, 2.45) is 5.73 Å². The minimum absolute atomic E-state index is 0.0891. The molecule has 1 aliphatic heterocycles. The summed E-state index contributed by atoms with van der Waals surface area (Å²) >= 11 is 3.49. The third kappa shape index (κ3) is 3.73. The molecule has 0 amide bonds. The molecule has 5 heteroatoms. The first-order chi connectivity index (χ1) is 9.61. The molecule has 0 spiro atoms. The van der Waals surface area contributed by atoms with Crippen molar-refractivity contribution in [3.8, 4) is 0 Å². The Morgan fingerprint density at radius 1 is 1.55 bits per heavy atom. The average Bonchev–Trinajstić information content (AvgIpc) is 2.45. The number of benzene rings is 1. The molecule has 2 rings (SSSR count). The number of hydrogen-bond donors (Lipinski definition) is 2. The molecule has 1 atom stereocenters. The summed E-state index contributed by atoms with van der Waals surface area (Å²) in [5.74, 6) is 0.0891. The third-order valence-electron chi connectivity index (χ3n) is 3.54. The lowest BCUT2D eigenvalue weighted by molar-refractivity contribution is 0.0440. The van der Waals surface area contributed by atoms with E-state index in [0.29, 0.717) is 6.10 Å². The summed E-state index contributed by atoms with van der Waals surface area (Å²) in [4.78, 5) is 2.35. The van der Waals surface area contributed by atoms with Gasteiger partial charge in [0, 0.05) is 35.4 Å². The summed E-state index contributed by atoms with van der Waals surface area (Å²) in [5.41, 5.74) is 7.44. The molecule has 3 N–H and O–H groups in total. The topological polar surface area (TPSA) is 62.3 Å². The van der Waals surface area contributed by atoms with Gasteiger partial charge >= 0.3 is 0 Å². The largest absolute Gasteiger partial charge is 0.384 e. The van der Waals surface area contributed by atoms with Gasteiger partial charge in [-0.15, -0.1) is 0 Å². The van der Waals surface area contributed by atoms with Crippen molar-refractivity contribution in [1.29, 1.82) is 5.41 Å². The second-order valence-electron chi connectivity index (χ2n) is 5.16. The number of piperidine rings is 1. The zero-order valence-electron chi connectivity index (χ0n) is 11.9. The number of nitrogens with zero attached hydrogens (tertiary/aromatic N) is 1. The number of ether oxygens (including phenoxy) is 1. The molecule has 110 valence electrons. The first-order valence-corrected chi connectivity index (χ1v) is 7.91. The standard InChI is InChI=1S/C15H22BrN3O/c1-2-8-20-12-4-3-7-19(10-12)11-5-6-13(15(17)18)14(16)9-11/h5-6,9,12H,2-4,7-8,10H2,1H3,(H3,17,18). The molecule has 1 aliphatic rings. The number of nitrogens with two attached hydrogens (primary N) is 1. The van der Waals surface area contributed by atoms with E-state index in [0.717, 1.165) is 54.7 Å². The molecule has 20 heavy (non-hydrogen) atoms. The van der Waals surface area contributed by atoms with Crippen molar-refractivity contribution in [3.05, 3.63) is 28.2 Å². The van der Waals surface area contributed by atoms with E-state index < -0.39 is 0 Å². The Balaban J connectivity index is 2.07. The summed E-state index contributed by atoms with van der Waals surface area (Å²) in [6, 6.07) is 5.97. The van der Waals surface area contributed by atoms with Gasteiger partial charge < -0.3 is 15.4 Å². The lowest BCUT2D eigenvalue weighted by atomic mass is 10.1. The number of nitrogen functional groups attached to an aromatic ring is 1. The molecule has 4 nitrogen and oxygen atoms in total. The SMILES string of the molecule is CCCOC1CCCN(c2ccc(C(=N)N)c(Br)c2)C1. The number of halogens is 1. The van der Waals surface area contributed by atoms with Gasteiger partial charge in [-0.05, 0) is 53.4 Å². The van der Waals surface area contributed by atoms with Crippen LogP contribution in [0.25, 0.3) is 0 Å². The van der Waals surface area contributed by atoms with Gasteiger partial charge in [-0.2, -0.15) is 0 Å². The maximum Gasteiger partial charge on any atom is 0.123 e. The van der Waals surface area contributed by atoms with Crippen LogP contribution in [-0.2, 0) is 4.74 Å². The minimum atomic E-state index is 0.0891. The highest BCUT2D eigenvalue weighted by Crippen LogP contribution is 2.27. The Bertz CT molecular complexity index is 478. The van der Waals surface area contributed by atoms with Crippen LogP contribution >= 0.6 is 15.9 Å². The van der Waals surface area contributed by atoms with Gasteiger partial charge in [-0.25, -0.2) is 0 Å². The first kappa shape index (κ1) is 15.3. The smallest absolute Gasteiger partial charge is 0.123 e. The highest BCUT2D eigenvalue weighted by atomic mass is 79.9. The monoisotopic (exact) mass is 339 g/mol. The van der Waals surface area contributed by atoms with Gasteiger partial charge in [-0.1, -0.05) is 6.92 Å². The van der Waals surface area contributed by atoms with Crippen LogP contribution in [0, 0.1) is 5.41 Å². The van der Waals surface area contributed by atoms with E-state index in [4.69, 9.17) is 15.9 Å². The molecule has 1 unspecified atom stereocenters. The van der Waals surface area contributed by atoms with E-state index in [1.54, 1.807) is 0 Å². The predicted octanol–water partition coefficient (Wildman–Crippen LogP) is 3.13. The molecule has 0 bridgehead atoms. The van der Waals surface area contributed by atoms with E-state index in [2.05, 4.69) is 27.8 Å². The normalized spacial score (nSPS) is 19.1. The van der Waals surface area contributed by atoms with Crippen LogP contribution in [-0.4, -0.2) is 31.6 Å². The van der Waals surface area contributed by atoms with Crippen molar-refractivity contribution in [1.82, 2.24) is 0 Å². The van der Waals surface area contributed by atoms with Crippen molar-refractivity contribution in [2.45, 2.75) is 32.3 Å². The quantitative estimate of drug-likeness (QED) is 0.639. The van der Waals surface area contributed by atoms with Crippen LogP contribution in [0.4, 0.5) is 5.69 Å². The van der Waals surface area contributed by atoms with Gasteiger partial charge in [0.2, 0.25) is 0 Å². The minimum Gasteiger partial charge on any atom is -0.384 e. The van der Waals surface area contributed by atoms with E-state index in [1.165, 1.54) is 0 Å². The van der Waals surface area contributed by atoms with Crippen LogP contribution in [0.3, 0.4) is 0 Å². The van der Waals surface area contributed by atoms with E-state index in [9.17, 15) is 0 Å². The molecule has 0 aromatic heterocycles. The average molecular weight is 340 g/mol. The fourth-order valence-electron chi connectivity index (χ4n) is 2.51.